The zero-order valence-corrected chi connectivity index (χ0v) is 17.9. The SMILES string of the molecule is CN=C(NCc1ccc(CN2CCN(C)CC2)cc1)NC1CCN(CC(F)(F)F)C1. The van der Waals surface area contributed by atoms with Crippen molar-refractivity contribution < 1.29 is 13.2 Å². The van der Waals surface area contributed by atoms with Crippen LogP contribution in [0.5, 0.6) is 0 Å². The second-order valence-electron chi connectivity index (χ2n) is 8.30. The van der Waals surface area contributed by atoms with Crippen molar-refractivity contribution in [3.05, 3.63) is 35.4 Å². The molecule has 2 aliphatic heterocycles. The van der Waals surface area contributed by atoms with Gasteiger partial charge >= 0.3 is 6.18 Å². The lowest BCUT2D eigenvalue weighted by Crippen LogP contribution is -2.44. The van der Waals surface area contributed by atoms with Crippen molar-refractivity contribution in [2.24, 2.45) is 4.99 Å². The highest BCUT2D eigenvalue weighted by Gasteiger charge is 2.34. The van der Waals surface area contributed by atoms with Gasteiger partial charge in [0, 0.05) is 65.4 Å². The summed E-state index contributed by atoms with van der Waals surface area (Å²) in [6.07, 6.45) is -3.47. The van der Waals surface area contributed by atoms with E-state index in [-0.39, 0.29) is 6.04 Å². The Kier molecular flexibility index (Phi) is 7.96. The van der Waals surface area contributed by atoms with Gasteiger partial charge in [0.15, 0.2) is 5.96 Å². The number of rotatable bonds is 6. The Morgan fingerprint density at radius 1 is 1.03 bits per heavy atom. The van der Waals surface area contributed by atoms with Gasteiger partial charge in [-0.05, 0) is 24.6 Å². The van der Waals surface area contributed by atoms with Crippen LogP contribution in [0.3, 0.4) is 0 Å². The van der Waals surface area contributed by atoms with Gasteiger partial charge in [0.1, 0.15) is 0 Å². The van der Waals surface area contributed by atoms with Crippen LogP contribution in [0.25, 0.3) is 0 Å². The van der Waals surface area contributed by atoms with Crippen molar-refractivity contribution in [3.8, 4) is 0 Å². The van der Waals surface area contributed by atoms with Gasteiger partial charge in [-0.2, -0.15) is 13.2 Å². The largest absolute Gasteiger partial charge is 0.401 e. The van der Waals surface area contributed by atoms with Crippen molar-refractivity contribution >= 4 is 5.96 Å². The monoisotopic (exact) mass is 426 g/mol. The molecule has 0 amide bonds. The minimum absolute atomic E-state index is 0.0236. The van der Waals surface area contributed by atoms with Crippen molar-refractivity contribution in [2.45, 2.75) is 31.7 Å². The first-order valence-electron chi connectivity index (χ1n) is 10.6. The molecular formula is C21H33F3N6. The second-order valence-corrected chi connectivity index (χ2v) is 8.30. The molecule has 0 spiro atoms. The van der Waals surface area contributed by atoms with Crippen LogP contribution in [0.4, 0.5) is 13.2 Å². The van der Waals surface area contributed by atoms with Gasteiger partial charge in [0.25, 0.3) is 0 Å². The number of likely N-dealkylation sites (tertiary alicyclic amines) is 1. The standard InChI is InChI=1S/C21H33F3N6/c1-25-20(27-19-7-8-30(15-19)16-21(22,23)24)26-13-17-3-5-18(6-4-17)14-29-11-9-28(2)10-12-29/h3-6,19H,7-16H2,1-2H3,(H2,25,26,27). The van der Waals surface area contributed by atoms with Crippen LogP contribution in [0.2, 0.25) is 0 Å². The number of piperazine rings is 1. The third kappa shape index (κ3) is 7.45. The van der Waals surface area contributed by atoms with Crippen LogP contribution in [0.1, 0.15) is 17.5 Å². The highest BCUT2D eigenvalue weighted by atomic mass is 19.4. The molecule has 0 bridgehead atoms. The van der Waals surface area contributed by atoms with Crippen molar-refractivity contribution in [1.82, 2.24) is 25.3 Å². The van der Waals surface area contributed by atoms with E-state index in [4.69, 9.17) is 0 Å². The van der Waals surface area contributed by atoms with Gasteiger partial charge in [0.05, 0.1) is 6.54 Å². The molecular weight excluding hydrogens is 393 g/mol. The fraction of sp³-hybridized carbons (Fsp3) is 0.667. The lowest BCUT2D eigenvalue weighted by molar-refractivity contribution is -0.143. The number of likely N-dealkylation sites (N-methyl/N-ethyl adjacent to an activating group) is 1. The molecule has 30 heavy (non-hydrogen) atoms. The number of nitrogens with zero attached hydrogens (tertiary/aromatic N) is 4. The van der Waals surface area contributed by atoms with Gasteiger partial charge in [0.2, 0.25) is 0 Å². The highest BCUT2D eigenvalue weighted by molar-refractivity contribution is 5.80. The first-order valence-corrected chi connectivity index (χ1v) is 10.6. The third-order valence-electron chi connectivity index (χ3n) is 5.72. The van der Waals surface area contributed by atoms with E-state index >= 15 is 0 Å². The van der Waals surface area contributed by atoms with Gasteiger partial charge in [-0.15, -0.1) is 0 Å². The summed E-state index contributed by atoms with van der Waals surface area (Å²) in [5.74, 6) is 0.621. The Labute approximate surface area is 177 Å². The zero-order valence-electron chi connectivity index (χ0n) is 17.9. The molecule has 1 aromatic carbocycles. The van der Waals surface area contributed by atoms with Crippen LogP contribution >= 0.6 is 0 Å². The van der Waals surface area contributed by atoms with Crippen LogP contribution in [-0.4, -0.2) is 92.8 Å². The average molecular weight is 427 g/mol. The molecule has 168 valence electrons. The number of hydrogen-bond acceptors (Lipinski definition) is 4. The molecule has 0 saturated carbocycles. The summed E-state index contributed by atoms with van der Waals surface area (Å²) in [6.45, 7) is 6.00. The molecule has 1 unspecified atom stereocenters. The predicted molar refractivity (Wildman–Crippen MR) is 113 cm³/mol. The van der Waals surface area contributed by atoms with Gasteiger partial charge in [-0.1, -0.05) is 24.3 Å². The smallest absolute Gasteiger partial charge is 0.352 e. The molecule has 9 heteroatoms. The Hall–Kier alpha value is -1.84. The van der Waals surface area contributed by atoms with Crippen LogP contribution in [0.15, 0.2) is 29.3 Å². The highest BCUT2D eigenvalue weighted by Crippen LogP contribution is 2.20. The predicted octanol–water partition coefficient (Wildman–Crippen LogP) is 1.74. The molecule has 2 saturated heterocycles. The Morgan fingerprint density at radius 2 is 1.70 bits per heavy atom. The van der Waals surface area contributed by atoms with Crippen molar-refractivity contribution in [3.63, 3.8) is 0 Å². The lowest BCUT2D eigenvalue weighted by atomic mass is 10.1. The zero-order chi connectivity index (χ0) is 21.6. The molecule has 2 heterocycles. The summed E-state index contributed by atoms with van der Waals surface area (Å²) in [7, 11) is 3.84. The number of nitrogens with one attached hydrogen (secondary N) is 2. The van der Waals surface area contributed by atoms with E-state index in [2.05, 4.69) is 56.7 Å². The number of hydrogen-bond donors (Lipinski definition) is 2. The molecule has 0 aliphatic carbocycles. The van der Waals surface area contributed by atoms with E-state index in [1.165, 1.54) is 10.5 Å². The first-order chi connectivity index (χ1) is 14.3. The Balaban J connectivity index is 1.41. The van der Waals surface area contributed by atoms with Gasteiger partial charge < -0.3 is 15.5 Å². The summed E-state index contributed by atoms with van der Waals surface area (Å²) < 4.78 is 37.6. The number of guanidine groups is 1. The van der Waals surface area contributed by atoms with E-state index in [0.29, 0.717) is 32.0 Å². The molecule has 3 rings (SSSR count). The molecule has 0 aromatic heterocycles. The second kappa shape index (κ2) is 10.5. The Bertz CT molecular complexity index is 683. The van der Waals surface area contributed by atoms with Crippen molar-refractivity contribution in [2.75, 3.05) is 59.9 Å². The van der Waals surface area contributed by atoms with E-state index in [1.54, 1.807) is 7.05 Å². The number of halogens is 3. The lowest BCUT2D eigenvalue weighted by Gasteiger charge is -2.32. The summed E-state index contributed by atoms with van der Waals surface area (Å²) in [5.41, 5.74) is 2.45. The van der Waals surface area contributed by atoms with Gasteiger partial charge in [-0.3, -0.25) is 14.8 Å². The molecule has 2 aliphatic rings. The van der Waals surface area contributed by atoms with Gasteiger partial charge in [-0.25, -0.2) is 0 Å². The molecule has 2 N–H and O–H groups in total. The first kappa shape index (κ1) is 22.8. The maximum absolute atomic E-state index is 12.5. The summed E-state index contributed by atoms with van der Waals surface area (Å²) in [5, 5.41) is 6.50. The molecule has 0 radical (unpaired) electrons. The Morgan fingerprint density at radius 3 is 2.33 bits per heavy atom. The summed E-state index contributed by atoms with van der Waals surface area (Å²) in [6, 6.07) is 8.54. The van der Waals surface area contributed by atoms with E-state index in [9.17, 15) is 13.2 Å². The molecule has 2 fully saturated rings. The summed E-state index contributed by atoms with van der Waals surface area (Å²) >= 11 is 0. The normalized spacial score (nSPS) is 22.4. The fourth-order valence-corrected chi connectivity index (χ4v) is 3.95. The number of alkyl halides is 3. The quantitative estimate of drug-likeness (QED) is 0.536. The van der Waals surface area contributed by atoms with Crippen LogP contribution in [-0.2, 0) is 13.1 Å². The van der Waals surface area contributed by atoms with E-state index in [0.717, 1.165) is 38.3 Å². The molecule has 1 aromatic rings. The average Bonchev–Trinajstić information content (AvgIpc) is 3.13. The topological polar surface area (TPSA) is 46.1 Å². The van der Waals surface area contributed by atoms with Crippen molar-refractivity contribution in [1.29, 1.82) is 0 Å². The minimum atomic E-state index is -4.15. The maximum Gasteiger partial charge on any atom is 0.401 e. The van der Waals surface area contributed by atoms with E-state index < -0.39 is 12.7 Å². The minimum Gasteiger partial charge on any atom is -0.352 e. The molecule has 1 atom stereocenters. The maximum atomic E-state index is 12.5. The summed E-state index contributed by atoms with van der Waals surface area (Å²) in [4.78, 5) is 10.5. The number of aliphatic imine (C=N–C) groups is 1. The number of benzene rings is 1. The fourth-order valence-electron chi connectivity index (χ4n) is 3.95. The third-order valence-corrected chi connectivity index (χ3v) is 5.72. The van der Waals surface area contributed by atoms with Crippen LogP contribution in [0, 0.1) is 0 Å². The van der Waals surface area contributed by atoms with Crippen LogP contribution < -0.4 is 10.6 Å². The molecule has 6 nitrogen and oxygen atoms in total. The van der Waals surface area contributed by atoms with E-state index in [1.807, 2.05) is 0 Å².